The van der Waals surface area contributed by atoms with E-state index >= 15 is 0 Å². The second kappa shape index (κ2) is 11.1. The summed E-state index contributed by atoms with van der Waals surface area (Å²) < 4.78 is 6.38. The molecule has 4 aliphatic heterocycles. The van der Waals surface area contributed by atoms with Crippen molar-refractivity contribution in [1.29, 1.82) is 5.26 Å². The number of nitriles is 1. The highest BCUT2D eigenvalue weighted by molar-refractivity contribution is 5.76. The van der Waals surface area contributed by atoms with Crippen molar-refractivity contribution in [3.8, 4) is 6.07 Å². The number of hydrogen-bond acceptors (Lipinski definition) is 12. The van der Waals surface area contributed by atoms with E-state index in [1.807, 2.05) is 0 Å². The van der Waals surface area contributed by atoms with Crippen LogP contribution in [0.2, 0.25) is 0 Å². The molecule has 0 radical (unpaired) electrons. The molecule has 7 rings (SSSR count). The van der Waals surface area contributed by atoms with Crippen LogP contribution in [0.15, 0.2) is 18.2 Å². The lowest BCUT2D eigenvalue weighted by molar-refractivity contribution is -0.112. The second-order valence-corrected chi connectivity index (χ2v) is 13.7. The molecule has 0 spiro atoms. The predicted octanol–water partition coefficient (Wildman–Crippen LogP) is 0.114. The molecule has 1 aromatic rings. The monoisotopic (exact) mass is 581 g/mol. The number of aliphatic hydroxyl groups is 2. The third-order valence-electron chi connectivity index (χ3n) is 10.7. The Morgan fingerprint density at radius 2 is 1.90 bits per heavy atom. The van der Waals surface area contributed by atoms with Gasteiger partial charge in [0.05, 0.1) is 54.1 Å². The minimum atomic E-state index is -0.979. The van der Waals surface area contributed by atoms with Crippen LogP contribution in [0.3, 0.4) is 0 Å². The van der Waals surface area contributed by atoms with Crippen LogP contribution in [0.25, 0.3) is 0 Å². The molecule has 230 valence electrons. The van der Waals surface area contributed by atoms with Gasteiger partial charge in [0.25, 0.3) is 0 Å². The largest absolute Gasteiger partial charge is 0.387 e. The van der Waals surface area contributed by atoms with Crippen molar-refractivity contribution < 1.29 is 14.9 Å². The van der Waals surface area contributed by atoms with Crippen molar-refractivity contribution in [2.24, 2.45) is 11.7 Å². The Bertz CT molecular complexity index is 1190. The molecule has 1 aromatic carbocycles. The highest BCUT2D eigenvalue weighted by Crippen LogP contribution is 2.49. The first-order chi connectivity index (χ1) is 20.3. The molecule has 0 amide bonds. The number of nitrogens with one attached hydrogen (secondary N) is 5. The minimum Gasteiger partial charge on any atom is -0.387 e. The van der Waals surface area contributed by atoms with E-state index in [1.54, 1.807) is 0 Å². The van der Waals surface area contributed by atoms with Crippen LogP contribution in [0, 0.1) is 17.2 Å². The number of nitrogens with two attached hydrogens (primary N) is 1. The Morgan fingerprint density at radius 3 is 2.64 bits per heavy atom. The lowest BCUT2D eigenvalue weighted by atomic mass is 9.76. The molecule has 12 heteroatoms. The molecule has 2 saturated carbocycles. The van der Waals surface area contributed by atoms with Gasteiger partial charge in [0, 0.05) is 25.3 Å². The van der Waals surface area contributed by atoms with E-state index in [9.17, 15) is 15.5 Å². The summed E-state index contributed by atoms with van der Waals surface area (Å²) in [5.74, 6) is 0.669. The number of rotatable bonds is 9. The number of hydrogen-bond donors (Lipinski definition) is 8. The van der Waals surface area contributed by atoms with Gasteiger partial charge in [-0.05, 0) is 76.0 Å². The number of aliphatic hydroxyl groups excluding tert-OH is 2. The van der Waals surface area contributed by atoms with Crippen LogP contribution in [-0.4, -0.2) is 101 Å². The summed E-state index contributed by atoms with van der Waals surface area (Å²) in [4.78, 5) is 4.51. The normalized spacial score (nSPS) is 40.2. The predicted molar refractivity (Wildman–Crippen MR) is 159 cm³/mol. The summed E-state index contributed by atoms with van der Waals surface area (Å²) in [6, 6.07) is 9.66. The van der Waals surface area contributed by atoms with E-state index in [1.165, 1.54) is 0 Å². The quantitative estimate of drug-likeness (QED) is 0.199. The average molecular weight is 582 g/mol. The van der Waals surface area contributed by atoms with Gasteiger partial charge in [0.15, 0.2) is 0 Å². The Morgan fingerprint density at radius 1 is 1.12 bits per heavy atom. The van der Waals surface area contributed by atoms with Crippen LogP contribution in [0.4, 0.5) is 11.4 Å². The molecule has 42 heavy (non-hydrogen) atoms. The van der Waals surface area contributed by atoms with Gasteiger partial charge in [0.2, 0.25) is 0 Å². The summed E-state index contributed by atoms with van der Waals surface area (Å²) in [6.07, 6.45) is 3.40. The van der Waals surface area contributed by atoms with Gasteiger partial charge in [-0.2, -0.15) is 5.26 Å². The molecular weight excluding hydrogens is 534 g/mol. The topological polar surface area (TPSA) is 166 Å². The van der Waals surface area contributed by atoms with Crippen LogP contribution >= 0.6 is 0 Å². The number of fused-ring (bicyclic) bond motifs is 2. The number of anilines is 2. The molecule has 4 unspecified atom stereocenters. The van der Waals surface area contributed by atoms with E-state index in [4.69, 9.17) is 10.5 Å². The fourth-order valence-electron chi connectivity index (χ4n) is 7.84. The molecule has 12 nitrogen and oxygen atoms in total. The smallest absolute Gasteiger partial charge is 0.142 e. The van der Waals surface area contributed by atoms with Crippen molar-refractivity contribution in [3.05, 3.63) is 23.8 Å². The maximum absolute atomic E-state index is 11.0. The SMILES string of the molecule is CC(C)N(C[C@H]1O[C@@H](N2CNC3C(N)NCNC32)[C@H](O)[C@@H]1O)C1CC(CCC2Nc3ccc(C4(C#N)CC4)cc3N2)C1. The average Bonchev–Trinajstić information content (AvgIpc) is 3.33. The molecule has 6 aliphatic rings. The van der Waals surface area contributed by atoms with Crippen LogP contribution < -0.4 is 32.3 Å². The summed E-state index contributed by atoms with van der Waals surface area (Å²) in [5, 5.41) is 48.8. The van der Waals surface area contributed by atoms with Crippen molar-refractivity contribution in [2.75, 3.05) is 30.5 Å². The van der Waals surface area contributed by atoms with Gasteiger partial charge in [-0.25, -0.2) is 4.90 Å². The molecular formula is C30H47N9O3. The van der Waals surface area contributed by atoms with E-state index in [-0.39, 0.29) is 30.0 Å². The first-order valence-corrected chi connectivity index (χ1v) is 15.8. The van der Waals surface area contributed by atoms with E-state index in [0.717, 1.165) is 55.5 Å². The molecule has 0 aromatic heterocycles. The first kappa shape index (κ1) is 28.7. The molecule has 9 N–H and O–H groups in total. The lowest BCUT2D eigenvalue weighted by Crippen LogP contribution is -2.68. The highest BCUT2D eigenvalue weighted by atomic mass is 16.6. The second-order valence-electron chi connectivity index (χ2n) is 13.7. The van der Waals surface area contributed by atoms with Crippen molar-refractivity contribution >= 4 is 11.4 Å². The molecule has 3 saturated heterocycles. The summed E-state index contributed by atoms with van der Waals surface area (Å²) in [7, 11) is 0. The molecule has 8 atom stereocenters. The van der Waals surface area contributed by atoms with Crippen LogP contribution in [0.1, 0.15) is 57.9 Å². The van der Waals surface area contributed by atoms with Gasteiger partial charge in [-0.15, -0.1) is 0 Å². The standard InChI is InChI=1S/C30H47N9O3/c1-16(2)38(12-22-25(40)26(41)29(42-22)39-15-35-24-27(32)33-14-34-28(24)39)19-9-17(10-19)3-6-23-36-20-5-4-18(11-21(20)37-23)30(13-31)7-8-30/h4-5,11,16-17,19,22-29,33-37,40-41H,3,6-10,12,14-15,32H2,1-2H3/t17?,19?,22-,23?,24?,25-,26-,27?,28?,29-/m1/s1. The van der Waals surface area contributed by atoms with Gasteiger partial charge in [0.1, 0.15) is 24.5 Å². The molecule has 4 heterocycles. The molecule has 5 fully saturated rings. The van der Waals surface area contributed by atoms with Crippen molar-refractivity contribution in [2.45, 2.75) is 119 Å². The third kappa shape index (κ3) is 5.08. The van der Waals surface area contributed by atoms with E-state index < -0.39 is 24.5 Å². The zero-order valence-electron chi connectivity index (χ0n) is 24.7. The minimum absolute atomic E-state index is 0.00416. The van der Waals surface area contributed by atoms with Gasteiger partial charge < -0.3 is 31.3 Å². The number of ether oxygens (including phenoxy) is 1. The first-order valence-electron chi connectivity index (χ1n) is 15.8. The Balaban J connectivity index is 0.894. The van der Waals surface area contributed by atoms with Crippen LogP contribution in [0.5, 0.6) is 0 Å². The van der Waals surface area contributed by atoms with E-state index in [2.05, 4.69) is 74.5 Å². The Kier molecular flexibility index (Phi) is 7.62. The third-order valence-corrected chi connectivity index (χ3v) is 10.7. The zero-order valence-corrected chi connectivity index (χ0v) is 24.7. The number of nitrogens with zero attached hydrogens (tertiary/aromatic N) is 3. The lowest BCUT2D eigenvalue weighted by Gasteiger charge is -2.46. The summed E-state index contributed by atoms with van der Waals surface area (Å²) in [5.41, 5.74) is 9.35. The van der Waals surface area contributed by atoms with Crippen LogP contribution in [-0.2, 0) is 10.2 Å². The van der Waals surface area contributed by atoms with Gasteiger partial charge >= 0.3 is 0 Å². The Hall–Kier alpha value is -2.05. The Labute approximate surface area is 248 Å². The maximum atomic E-state index is 11.0. The highest BCUT2D eigenvalue weighted by Gasteiger charge is 2.52. The maximum Gasteiger partial charge on any atom is 0.142 e. The number of benzene rings is 1. The van der Waals surface area contributed by atoms with Crippen molar-refractivity contribution in [1.82, 2.24) is 25.8 Å². The summed E-state index contributed by atoms with van der Waals surface area (Å²) in [6.45, 7) is 6.13. The fourth-order valence-corrected chi connectivity index (χ4v) is 7.84. The zero-order chi connectivity index (χ0) is 29.2. The molecule has 0 bridgehead atoms. The molecule has 2 aliphatic carbocycles. The van der Waals surface area contributed by atoms with Gasteiger partial charge in [-0.3, -0.25) is 20.9 Å². The van der Waals surface area contributed by atoms with Crippen molar-refractivity contribution in [3.63, 3.8) is 0 Å². The van der Waals surface area contributed by atoms with Gasteiger partial charge in [-0.1, -0.05) is 6.07 Å². The fraction of sp³-hybridized carbons (Fsp3) is 0.767. The summed E-state index contributed by atoms with van der Waals surface area (Å²) >= 11 is 0. The van der Waals surface area contributed by atoms with E-state index in [0.29, 0.717) is 37.9 Å².